The van der Waals surface area contributed by atoms with Crippen LogP contribution in [0.25, 0.3) is 10.9 Å². The Morgan fingerprint density at radius 1 is 1.00 bits per heavy atom. The molecule has 26 heavy (non-hydrogen) atoms. The Labute approximate surface area is 153 Å². The van der Waals surface area contributed by atoms with E-state index in [1.807, 2.05) is 30.3 Å². The number of rotatable bonds is 4. The lowest BCUT2D eigenvalue weighted by Crippen LogP contribution is -2.33. The number of pyridine rings is 1. The number of hydrogen-bond acceptors (Lipinski definition) is 3. The van der Waals surface area contributed by atoms with E-state index in [1.54, 1.807) is 12.1 Å². The number of carboxylic acids is 1. The van der Waals surface area contributed by atoms with Crippen LogP contribution in [0.3, 0.4) is 0 Å². The molecule has 1 fully saturated rings. The van der Waals surface area contributed by atoms with Crippen LogP contribution in [-0.2, 0) is 6.54 Å². The van der Waals surface area contributed by atoms with Crippen LogP contribution >= 0.6 is 0 Å². The lowest BCUT2D eigenvalue weighted by molar-refractivity contribution is 0.0694. The third-order valence-electron chi connectivity index (χ3n) is 5.26. The van der Waals surface area contributed by atoms with E-state index < -0.39 is 5.97 Å². The van der Waals surface area contributed by atoms with Crippen LogP contribution in [0, 0.1) is 0 Å². The van der Waals surface area contributed by atoms with Gasteiger partial charge in [-0.1, -0.05) is 42.5 Å². The van der Waals surface area contributed by atoms with Crippen LogP contribution in [0.2, 0.25) is 0 Å². The zero-order valence-electron chi connectivity index (χ0n) is 14.6. The summed E-state index contributed by atoms with van der Waals surface area (Å²) in [6.07, 6.45) is 1.97. The van der Waals surface area contributed by atoms with Crippen LogP contribution in [0.4, 0.5) is 0 Å². The molecular formula is C22H22N2O2. The summed E-state index contributed by atoms with van der Waals surface area (Å²) in [5.74, 6) is -0.508. The smallest absolute Gasteiger partial charge is 0.335 e. The molecule has 3 aromatic rings. The van der Waals surface area contributed by atoms with Crippen molar-refractivity contribution in [3.63, 3.8) is 0 Å². The van der Waals surface area contributed by atoms with E-state index >= 15 is 0 Å². The summed E-state index contributed by atoms with van der Waals surface area (Å²) in [5, 5.41) is 10.6. The molecule has 0 bridgehead atoms. The van der Waals surface area contributed by atoms with Crippen molar-refractivity contribution in [3.05, 3.63) is 77.5 Å². The standard InChI is InChI=1S/C22H22N2O2/c25-22(26)20-7-3-2-6-19(20)16-11-13-24(14-12-16)15-18-10-9-17-5-1-4-8-21(17)23-18/h1-10,16H,11-15H2,(H,25,26). The molecule has 0 atom stereocenters. The predicted octanol–water partition coefficient (Wildman–Crippen LogP) is 4.31. The fourth-order valence-corrected chi connectivity index (χ4v) is 3.88. The zero-order chi connectivity index (χ0) is 17.9. The molecule has 4 nitrogen and oxygen atoms in total. The first-order valence-corrected chi connectivity index (χ1v) is 9.10. The van der Waals surface area contributed by atoms with Gasteiger partial charge in [-0.15, -0.1) is 0 Å². The van der Waals surface area contributed by atoms with Crippen LogP contribution in [-0.4, -0.2) is 34.0 Å². The number of benzene rings is 2. The Balaban J connectivity index is 1.43. The van der Waals surface area contributed by atoms with Gasteiger partial charge in [0.05, 0.1) is 16.8 Å². The van der Waals surface area contributed by atoms with Crippen molar-refractivity contribution in [2.45, 2.75) is 25.3 Å². The van der Waals surface area contributed by atoms with Gasteiger partial charge in [-0.05, 0) is 55.6 Å². The first-order valence-electron chi connectivity index (χ1n) is 9.10. The molecule has 132 valence electrons. The number of aromatic carboxylic acids is 1. The molecule has 1 aromatic heterocycles. The summed E-state index contributed by atoms with van der Waals surface area (Å²) in [5.41, 5.74) is 3.55. The van der Waals surface area contributed by atoms with Crippen molar-refractivity contribution in [3.8, 4) is 0 Å². The van der Waals surface area contributed by atoms with E-state index in [-0.39, 0.29) is 0 Å². The third kappa shape index (κ3) is 3.46. The highest BCUT2D eigenvalue weighted by Crippen LogP contribution is 2.31. The molecule has 0 spiro atoms. The predicted molar refractivity (Wildman–Crippen MR) is 102 cm³/mol. The zero-order valence-corrected chi connectivity index (χ0v) is 14.6. The van der Waals surface area contributed by atoms with E-state index in [0.717, 1.165) is 49.2 Å². The summed E-state index contributed by atoms with van der Waals surface area (Å²) >= 11 is 0. The Hall–Kier alpha value is -2.72. The second kappa shape index (κ2) is 7.26. The van der Waals surface area contributed by atoms with Crippen LogP contribution < -0.4 is 0 Å². The first kappa shape index (κ1) is 16.7. The number of fused-ring (bicyclic) bond motifs is 1. The average molecular weight is 346 g/mol. The molecule has 1 aliphatic rings. The summed E-state index contributed by atoms with van der Waals surface area (Å²) in [6.45, 7) is 2.78. The minimum absolute atomic E-state index is 0.322. The number of likely N-dealkylation sites (tertiary alicyclic amines) is 1. The SMILES string of the molecule is O=C(O)c1ccccc1C1CCN(Cc2ccc3ccccc3n2)CC1. The fourth-order valence-electron chi connectivity index (χ4n) is 3.88. The number of aromatic nitrogens is 1. The number of hydrogen-bond donors (Lipinski definition) is 1. The van der Waals surface area contributed by atoms with Crippen molar-refractivity contribution in [1.29, 1.82) is 0 Å². The molecule has 0 saturated carbocycles. The maximum absolute atomic E-state index is 11.5. The second-order valence-corrected chi connectivity index (χ2v) is 6.94. The van der Waals surface area contributed by atoms with Crippen molar-refractivity contribution in [2.75, 3.05) is 13.1 Å². The van der Waals surface area contributed by atoms with Crippen LogP contribution in [0.1, 0.15) is 40.4 Å². The lowest BCUT2D eigenvalue weighted by atomic mass is 9.86. The number of nitrogens with zero attached hydrogens (tertiary/aromatic N) is 2. The molecule has 1 aliphatic heterocycles. The molecule has 1 N–H and O–H groups in total. The Kier molecular flexibility index (Phi) is 4.67. The maximum Gasteiger partial charge on any atom is 0.335 e. The van der Waals surface area contributed by atoms with Gasteiger partial charge in [-0.2, -0.15) is 0 Å². The van der Waals surface area contributed by atoms with E-state index in [2.05, 4.69) is 23.1 Å². The molecule has 2 heterocycles. The summed E-state index contributed by atoms with van der Waals surface area (Å²) in [6, 6.07) is 19.8. The summed E-state index contributed by atoms with van der Waals surface area (Å²) in [7, 11) is 0. The number of carboxylic acid groups (broad SMARTS) is 1. The van der Waals surface area contributed by atoms with Crippen LogP contribution in [0.5, 0.6) is 0 Å². The van der Waals surface area contributed by atoms with Crippen LogP contribution in [0.15, 0.2) is 60.7 Å². The summed E-state index contributed by atoms with van der Waals surface area (Å²) < 4.78 is 0. The van der Waals surface area contributed by atoms with Gasteiger partial charge in [0.25, 0.3) is 0 Å². The molecular weight excluding hydrogens is 324 g/mol. The van der Waals surface area contributed by atoms with Gasteiger partial charge < -0.3 is 5.11 Å². The Morgan fingerprint density at radius 2 is 1.73 bits per heavy atom. The minimum atomic E-state index is -0.830. The topological polar surface area (TPSA) is 53.4 Å². The van der Waals surface area contributed by atoms with Crippen molar-refractivity contribution in [1.82, 2.24) is 9.88 Å². The van der Waals surface area contributed by atoms with Gasteiger partial charge in [0.15, 0.2) is 0 Å². The van der Waals surface area contributed by atoms with Crippen molar-refractivity contribution < 1.29 is 9.90 Å². The highest BCUT2D eigenvalue weighted by molar-refractivity contribution is 5.89. The molecule has 4 rings (SSSR count). The van der Waals surface area contributed by atoms with Gasteiger partial charge in [-0.25, -0.2) is 4.79 Å². The fraction of sp³-hybridized carbons (Fsp3) is 0.273. The van der Waals surface area contributed by atoms with E-state index in [4.69, 9.17) is 4.98 Å². The average Bonchev–Trinajstić information content (AvgIpc) is 2.68. The minimum Gasteiger partial charge on any atom is -0.478 e. The molecule has 2 aromatic carbocycles. The highest BCUT2D eigenvalue weighted by Gasteiger charge is 2.24. The van der Waals surface area contributed by atoms with Gasteiger partial charge in [-0.3, -0.25) is 9.88 Å². The van der Waals surface area contributed by atoms with Crippen molar-refractivity contribution in [2.24, 2.45) is 0 Å². The lowest BCUT2D eigenvalue weighted by Gasteiger charge is -2.32. The van der Waals surface area contributed by atoms with Crippen molar-refractivity contribution >= 4 is 16.9 Å². The quantitative estimate of drug-likeness (QED) is 0.765. The molecule has 0 amide bonds. The molecule has 0 unspecified atom stereocenters. The van der Waals surface area contributed by atoms with E-state index in [9.17, 15) is 9.90 Å². The van der Waals surface area contributed by atoms with E-state index in [1.165, 1.54) is 5.39 Å². The number of carbonyl (C=O) groups is 1. The van der Waals surface area contributed by atoms with E-state index in [0.29, 0.717) is 11.5 Å². The van der Waals surface area contributed by atoms with Gasteiger partial charge in [0.1, 0.15) is 0 Å². The number of piperidine rings is 1. The Bertz CT molecular complexity index is 930. The van der Waals surface area contributed by atoms with Gasteiger partial charge in [0, 0.05) is 11.9 Å². The normalized spacial score (nSPS) is 16.0. The highest BCUT2D eigenvalue weighted by atomic mass is 16.4. The first-order chi connectivity index (χ1) is 12.7. The number of para-hydroxylation sites is 1. The molecule has 4 heteroatoms. The molecule has 1 saturated heterocycles. The Morgan fingerprint density at radius 3 is 2.54 bits per heavy atom. The van der Waals surface area contributed by atoms with Gasteiger partial charge in [0.2, 0.25) is 0 Å². The molecule has 0 aliphatic carbocycles. The second-order valence-electron chi connectivity index (χ2n) is 6.94. The van der Waals surface area contributed by atoms with Gasteiger partial charge >= 0.3 is 5.97 Å². The monoisotopic (exact) mass is 346 g/mol. The molecule has 0 radical (unpaired) electrons. The third-order valence-corrected chi connectivity index (χ3v) is 5.26. The largest absolute Gasteiger partial charge is 0.478 e. The summed E-state index contributed by atoms with van der Waals surface area (Å²) in [4.78, 5) is 18.6. The maximum atomic E-state index is 11.5.